The summed E-state index contributed by atoms with van der Waals surface area (Å²) in [6.45, 7) is 3.08. The van der Waals surface area contributed by atoms with Crippen LogP contribution in [0, 0.1) is 0 Å². The Bertz CT molecular complexity index is 699. The van der Waals surface area contributed by atoms with Gasteiger partial charge in [0.2, 0.25) is 0 Å². The Kier molecular flexibility index (Phi) is 4.98. The van der Waals surface area contributed by atoms with Gasteiger partial charge < -0.3 is 10.3 Å². The zero-order valence-electron chi connectivity index (χ0n) is 12.3. The molecular formula is C16H21N3O2. The number of nitrogens with zero attached hydrogens (tertiary/aromatic N) is 2. The van der Waals surface area contributed by atoms with E-state index in [1.807, 2.05) is 31.2 Å². The van der Waals surface area contributed by atoms with Crippen molar-refractivity contribution >= 4 is 5.69 Å². The van der Waals surface area contributed by atoms with Crippen molar-refractivity contribution in [3.05, 3.63) is 62.9 Å². The molecule has 2 aromatic rings. The summed E-state index contributed by atoms with van der Waals surface area (Å²) in [5, 5.41) is 0. The van der Waals surface area contributed by atoms with Crippen molar-refractivity contribution in [3.8, 4) is 0 Å². The molecule has 0 fully saturated rings. The Morgan fingerprint density at radius 3 is 2.43 bits per heavy atom. The van der Waals surface area contributed by atoms with Crippen molar-refractivity contribution in [3.63, 3.8) is 0 Å². The monoisotopic (exact) mass is 287 g/mol. The third-order valence-electron chi connectivity index (χ3n) is 3.43. The van der Waals surface area contributed by atoms with Crippen LogP contribution in [0.2, 0.25) is 0 Å². The Labute approximate surface area is 123 Å². The Morgan fingerprint density at radius 1 is 1.05 bits per heavy atom. The van der Waals surface area contributed by atoms with Crippen LogP contribution in [0.15, 0.2) is 46.1 Å². The Morgan fingerprint density at radius 2 is 1.76 bits per heavy atom. The summed E-state index contributed by atoms with van der Waals surface area (Å²) >= 11 is 0. The third-order valence-corrected chi connectivity index (χ3v) is 3.43. The predicted molar refractivity (Wildman–Crippen MR) is 84.4 cm³/mol. The molecule has 2 N–H and O–H groups in total. The molecule has 5 nitrogen and oxygen atoms in total. The zero-order valence-corrected chi connectivity index (χ0v) is 12.3. The highest BCUT2D eigenvalue weighted by atomic mass is 16.2. The van der Waals surface area contributed by atoms with Gasteiger partial charge in [0.1, 0.15) is 0 Å². The summed E-state index contributed by atoms with van der Waals surface area (Å²) in [4.78, 5) is 24.0. The topological polar surface area (TPSA) is 70.0 Å². The fourth-order valence-corrected chi connectivity index (χ4v) is 2.30. The number of rotatable bonds is 6. The standard InChI is InChI=1S/C16H21N3O2/c1-2-10-18-12-9-15(20)19(16(18)21)11-3-4-13-5-7-14(17)8-6-13/h5-9,12H,2-4,10-11,17H2,1H3. The fraction of sp³-hybridized carbons (Fsp3) is 0.375. The van der Waals surface area contributed by atoms with Gasteiger partial charge >= 0.3 is 5.69 Å². The molecule has 0 saturated heterocycles. The van der Waals surface area contributed by atoms with Crippen LogP contribution in [0.1, 0.15) is 25.3 Å². The number of hydrogen-bond acceptors (Lipinski definition) is 3. The van der Waals surface area contributed by atoms with E-state index in [-0.39, 0.29) is 11.2 Å². The molecule has 0 aliphatic rings. The molecule has 2 rings (SSSR count). The van der Waals surface area contributed by atoms with Crippen molar-refractivity contribution in [2.24, 2.45) is 0 Å². The molecule has 0 radical (unpaired) electrons. The second-order valence-corrected chi connectivity index (χ2v) is 5.13. The largest absolute Gasteiger partial charge is 0.399 e. The highest BCUT2D eigenvalue weighted by Gasteiger charge is 2.04. The molecule has 0 aliphatic carbocycles. The lowest BCUT2D eigenvalue weighted by molar-refractivity contribution is 0.529. The van der Waals surface area contributed by atoms with Crippen molar-refractivity contribution in [2.75, 3.05) is 5.73 Å². The van der Waals surface area contributed by atoms with Gasteiger partial charge in [0, 0.05) is 31.0 Å². The van der Waals surface area contributed by atoms with E-state index in [1.165, 1.54) is 10.6 Å². The van der Waals surface area contributed by atoms with E-state index in [9.17, 15) is 9.59 Å². The van der Waals surface area contributed by atoms with Crippen LogP contribution in [0.5, 0.6) is 0 Å². The van der Waals surface area contributed by atoms with E-state index in [1.54, 1.807) is 10.8 Å². The lowest BCUT2D eigenvalue weighted by Crippen LogP contribution is -2.39. The van der Waals surface area contributed by atoms with Gasteiger partial charge in [0.05, 0.1) is 0 Å². The van der Waals surface area contributed by atoms with Gasteiger partial charge in [-0.2, -0.15) is 0 Å². The normalized spacial score (nSPS) is 10.7. The minimum absolute atomic E-state index is 0.221. The first-order valence-electron chi connectivity index (χ1n) is 7.26. The first-order chi connectivity index (χ1) is 10.1. The van der Waals surface area contributed by atoms with Gasteiger partial charge in [-0.05, 0) is 37.0 Å². The number of aromatic nitrogens is 2. The minimum Gasteiger partial charge on any atom is -0.399 e. The number of nitrogen functional groups attached to an aromatic ring is 1. The highest BCUT2D eigenvalue weighted by Crippen LogP contribution is 2.07. The second-order valence-electron chi connectivity index (χ2n) is 5.13. The van der Waals surface area contributed by atoms with Gasteiger partial charge in [-0.25, -0.2) is 4.79 Å². The highest BCUT2D eigenvalue weighted by molar-refractivity contribution is 5.39. The quantitative estimate of drug-likeness (QED) is 0.821. The summed E-state index contributed by atoms with van der Waals surface area (Å²) in [5.41, 5.74) is 7.08. The second kappa shape index (κ2) is 6.92. The summed E-state index contributed by atoms with van der Waals surface area (Å²) in [7, 11) is 0. The predicted octanol–water partition coefficient (Wildman–Crippen LogP) is 1.64. The maximum atomic E-state index is 12.2. The summed E-state index contributed by atoms with van der Waals surface area (Å²) < 4.78 is 2.90. The fourth-order valence-electron chi connectivity index (χ4n) is 2.30. The molecule has 0 bridgehead atoms. The van der Waals surface area contributed by atoms with Crippen LogP contribution in [0.25, 0.3) is 0 Å². The molecule has 0 atom stereocenters. The molecule has 0 unspecified atom stereocenters. The molecule has 0 amide bonds. The molecule has 1 aromatic carbocycles. The average molecular weight is 287 g/mol. The van der Waals surface area contributed by atoms with Crippen LogP contribution in [-0.4, -0.2) is 9.13 Å². The van der Waals surface area contributed by atoms with Crippen LogP contribution in [0.3, 0.4) is 0 Å². The number of anilines is 1. The minimum atomic E-state index is -0.232. The molecule has 0 spiro atoms. The molecule has 5 heteroatoms. The van der Waals surface area contributed by atoms with Gasteiger partial charge in [-0.1, -0.05) is 19.1 Å². The van der Waals surface area contributed by atoms with E-state index >= 15 is 0 Å². The van der Waals surface area contributed by atoms with Crippen molar-refractivity contribution in [1.29, 1.82) is 0 Å². The average Bonchev–Trinajstić information content (AvgIpc) is 2.48. The molecule has 1 aromatic heterocycles. The number of hydrogen-bond donors (Lipinski definition) is 1. The molecule has 21 heavy (non-hydrogen) atoms. The van der Waals surface area contributed by atoms with Gasteiger partial charge in [-0.3, -0.25) is 9.36 Å². The van der Waals surface area contributed by atoms with Crippen LogP contribution in [-0.2, 0) is 19.5 Å². The summed E-state index contributed by atoms with van der Waals surface area (Å²) in [6.07, 6.45) is 4.00. The van der Waals surface area contributed by atoms with Crippen LogP contribution < -0.4 is 17.0 Å². The Balaban J connectivity index is 2.06. The van der Waals surface area contributed by atoms with Crippen molar-refractivity contribution in [1.82, 2.24) is 9.13 Å². The lowest BCUT2D eigenvalue weighted by atomic mass is 10.1. The summed E-state index contributed by atoms with van der Waals surface area (Å²) in [6, 6.07) is 9.12. The maximum absolute atomic E-state index is 12.2. The van der Waals surface area contributed by atoms with E-state index in [0.717, 1.165) is 30.5 Å². The summed E-state index contributed by atoms with van der Waals surface area (Å²) in [5.74, 6) is 0. The maximum Gasteiger partial charge on any atom is 0.330 e. The van der Waals surface area contributed by atoms with E-state index in [0.29, 0.717) is 13.1 Å². The molecule has 1 heterocycles. The van der Waals surface area contributed by atoms with Gasteiger partial charge in [0.15, 0.2) is 0 Å². The van der Waals surface area contributed by atoms with E-state index in [2.05, 4.69) is 0 Å². The zero-order chi connectivity index (χ0) is 15.2. The molecule has 0 saturated carbocycles. The van der Waals surface area contributed by atoms with Crippen LogP contribution in [0.4, 0.5) is 5.69 Å². The number of aryl methyl sites for hydroxylation is 2. The van der Waals surface area contributed by atoms with Gasteiger partial charge in [0.25, 0.3) is 5.56 Å². The molecule has 0 aliphatic heterocycles. The SMILES string of the molecule is CCCn1ccc(=O)n(CCCc2ccc(N)cc2)c1=O. The van der Waals surface area contributed by atoms with Crippen molar-refractivity contribution < 1.29 is 0 Å². The lowest BCUT2D eigenvalue weighted by Gasteiger charge is -2.09. The number of benzene rings is 1. The molecule has 112 valence electrons. The van der Waals surface area contributed by atoms with Crippen LogP contribution >= 0.6 is 0 Å². The third kappa shape index (κ3) is 3.84. The van der Waals surface area contributed by atoms with E-state index < -0.39 is 0 Å². The van der Waals surface area contributed by atoms with Crippen molar-refractivity contribution in [2.45, 2.75) is 39.3 Å². The smallest absolute Gasteiger partial charge is 0.330 e. The first kappa shape index (κ1) is 15.1. The van der Waals surface area contributed by atoms with Gasteiger partial charge in [-0.15, -0.1) is 0 Å². The Hall–Kier alpha value is -2.30. The molecular weight excluding hydrogens is 266 g/mol. The van der Waals surface area contributed by atoms with E-state index in [4.69, 9.17) is 5.73 Å². The number of nitrogens with two attached hydrogens (primary N) is 1. The first-order valence-corrected chi connectivity index (χ1v) is 7.26.